The first-order chi connectivity index (χ1) is 15.6. The predicted molar refractivity (Wildman–Crippen MR) is 121 cm³/mol. The summed E-state index contributed by atoms with van der Waals surface area (Å²) in [6.45, 7) is 3.24. The molecule has 0 aliphatic heterocycles. The molecule has 1 heterocycles. The Balaban J connectivity index is 1.37. The van der Waals surface area contributed by atoms with Gasteiger partial charge >= 0.3 is 0 Å². The van der Waals surface area contributed by atoms with Crippen molar-refractivity contribution in [1.29, 1.82) is 0 Å². The summed E-state index contributed by atoms with van der Waals surface area (Å²) < 4.78 is 25.3. The van der Waals surface area contributed by atoms with Crippen molar-refractivity contribution >= 4 is 17.0 Å². The van der Waals surface area contributed by atoms with E-state index in [0.717, 1.165) is 24.2 Å². The lowest BCUT2D eigenvalue weighted by molar-refractivity contribution is 0.0951. The van der Waals surface area contributed by atoms with Gasteiger partial charge in [-0.15, -0.1) is 0 Å². The molecule has 5 nitrogen and oxygen atoms in total. The largest absolute Gasteiger partial charge is 0.494 e. The third-order valence-corrected chi connectivity index (χ3v) is 5.14. The molecule has 1 amide bonds. The molecule has 0 saturated heterocycles. The van der Waals surface area contributed by atoms with Gasteiger partial charge in [0.05, 0.1) is 13.0 Å². The Kier molecular flexibility index (Phi) is 6.80. The van der Waals surface area contributed by atoms with Gasteiger partial charge in [0.1, 0.15) is 17.1 Å². The van der Waals surface area contributed by atoms with Crippen LogP contribution in [0.15, 0.2) is 71.1 Å². The van der Waals surface area contributed by atoms with Gasteiger partial charge in [-0.25, -0.2) is 9.37 Å². The van der Waals surface area contributed by atoms with E-state index in [1.807, 2.05) is 24.3 Å². The fraction of sp³-hybridized carbons (Fsp3) is 0.231. The fourth-order valence-corrected chi connectivity index (χ4v) is 3.32. The monoisotopic (exact) mass is 432 g/mol. The second-order valence-electron chi connectivity index (χ2n) is 7.59. The molecule has 0 saturated carbocycles. The Morgan fingerprint density at radius 2 is 1.91 bits per heavy atom. The fourth-order valence-electron chi connectivity index (χ4n) is 3.32. The number of nitrogens with zero attached hydrogens (tertiary/aromatic N) is 1. The number of aromatic nitrogens is 1. The number of nitrogens with one attached hydrogen (secondary N) is 1. The summed E-state index contributed by atoms with van der Waals surface area (Å²) in [5.74, 6) is 0.733. The Morgan fingerprint density at radius 3 is 2.69 bits per heavy atom. The smallest absolute Gasteiger partial charge is 0.251 e. The maximum absolute atomic E-state index is 13.9. The average Bonchev–Trinajstić information content (AvgIpc) is 3.21. The number of fused-ring (bicyclic) bond motifs is 1. The van der Waals surface area contributed by atoms with Crippen molar-refractivity contribution in [3.05, 3.63) is 95.1 Å². The number of oxazole rings is 1. The van der Waals surface area contributed by atoms with E-state index >= 15 is 0 Å². The van der Waals surface area contributed by atoms with E-state index in [2.05, 4.69) is 17.2 Å². The van der Waals surface area contributed by atoms with Crippen LogP contribution in [-0.4, -0.2) is 17.5 Å². The van der Waals surface area contributed by atoms with Crippen LogP contribution in [-0.2, 0) is 13.0 Å². The van der Waals surface area contributed by atoms with E-state index in [1.165, 1.54) is 6.07 Å². The lowest BCUT2D eigenvalue weighted by Crippen LogP contribution is -2.22. The quantitative estimate of drug-likeness (QED) is 0.346. The van der Waals surface area contributed by atoms with Crippen molar-refractivity contribution in [3.8, 4) is 5.75 Å². The minimum atomic E-state index is -0.296. The molecule has 0 aliphatic rings. The normalized spacial score (nSPS) is 10.9. The van der Waals surface area contributed by atoms with Crippen LogP contribution in [0.1, 0.15) is 47.1 Å². The third kappa shape index (κ3) is 5.32. The van der Waals surface area contributed by atoms with Crippen molar-refractivity contribution in [2.45, 2.75) is 32.7 Å². The molecule has 3 aromatic carbocycles. The first kappa shape index (κ1) is 21.6. The number of unbranched alkanes of at least 4 members (excludes halogenated alkanes) is 1. The summed E-state index contributed by atoms with van der Waals surface area (Å²) in [5.41, 5.74) is 3.10. The number of carbonyl (C=O) groups excluding carboxylic acids is 1. The summed E-state index contributed by atoms with van der Waals surface area (Å²) in [6, 6.07) is 19.3. The van der Waals surface area contributed by atoms with Crippen molar-refractivity contribution in [1.82, 2.24) is 10.3 Å². The van der Waals surface area contributed by atoms with Crippen LogP contribution in [0.2, 0.25) is 0 Å². The molecule has 4 aromatic rings. The van der Waals surface area contributed by atoms with Crippen molar-refractivity contribution in [2.24, 2.45) is 0 Å². The van der Waals surface area contributed by atoms with Gasteiger partial charge in [0.15, 0.2) is 11.5 Å². The number of carbonyl (C=O) groups is 1. The molecule has 0 fully saturated rings. The highest BCUT2D eigenvalue weighted by atomic mass is 19.1. The summed E-state index contributed by atoms with van der Waals surface area (Å²) in [5, 5.41) is 2.91. The molecule has 164 valence electrons. The van der Waals surface area contributed by atoms with Gasteiger partial charge in [-0.2, -0.15) is 0 Å². The molecule has 0 spiro atoms. The van der Waals surface area contributed by atoms with Crippen LogP contribution in [0.25, 0.3) is 11.1 Å². The van der Waals surface area contributed by atoms with E-state index in [1.54, 1.807) is 36.4 Å². The number of ether oxygens (including phenoxy) is 1. The first-order valence-electron chi connectivity index (χ1n) is 10.7. The highest BCUT2D eigenvalue weighted by Crippen LogP contribution is 2.21. The molecule has 0 radical (unpaired) electrons. The summed E-state index contributed by atoms with van der Waals surface area (Å²) in [6.07, 6.45) is 2.37. The van der Waals surface area contributed by atoms with Gasteiger partial charge in [0, 0.05) is 12.1 Å². The number of hydrogen-bond acceptors (Lipinski definition) is 4. The highest BCUT2D eigenvalue weighted by molar-refractivity contribution is 5.97. The topological polar surface area (TPSA) is 64.4 Å². The van der Waals surface area contributed by atoms with E-state index in [0.29, 0.717) is 41.3 Å². The average molecular weight is 432 g/mol. The van der Waals surface area contributed by atoms with E-state index in [9.17, 15) is 9.18 Å². The predicted octanol–water partition coefficient (Wildman–Crippen LogP) is 5.67. The van der Waals surface area contributed by atoms with Gasteiger partial charge in [0.25, 0.3) is 5.91 Å². The van der Waals surface area contributed by atoms with Crippen molar-refractivity contribution in [3.63, 3.8) is 0 Å². The SMILES string of the molecule is CCCCOc1ccc(CNC(=O)c2ccc3nc(Cc4ccccc4F)oc3c2)cc1. The zero-order valence-corrected chi connectivity index (χ0v) is 17.9. The van der Waals surface area contributed by atoms with Crippen LogP contribution in [0.4, 0.5) is 4.39 Å². The van der Waals surface area contributed by atoms with Crippen molar-refractivity contribution in [2.75, 3.05) is 6.61 Å². The molecule has 4 rings (SSSR count). The van der Waals surface area contributed by atoms with E-state index in [4.69, 9.17) is 9.15 Å². The lowest BCUT2D eigenvalue weighted by Gasteiger charge is -2.08. The number of halogens is 1. The lowest BCUT2D eigenvalue weighted by atomic mass is 10.1. The molecule has 32 heavy (non-hydrogen) atoms. The maximum Gasteiger partial charge on any atom is 0.251 e. The zero-order chi connectivity index (χ0) is 22.3. The summed E-state index contributed by atoms with van der Waals surface area (Å²) in [7, 11) is 0. The van der Waals surface area contributed by atoms with Gasteiger partial charge < -0.3 is 14.5 Å². The van der Waals surface area contributed by atoms with Crippen LogP contribution in [0.5, 0.6) is 5.75 Å². The molecule has 1 N–H and O–H groups in total. The first-order valence-corrected chi connectivity index (χ1v) is 10.7. The molecule has 6 heteroatoms. The van der Waals surface area contributed by atoms with Crippen LogP contribution in [0.3, 0.4) is 0 Å². The number of benzene rings is 3. The number of hydrogen-bond donors (Lipinski definition) is 1. The van der Waals surface area contributed by atoms with Gasteiger partial charge in [-0.05, 0) is 53.9 Å². The molecule has 0 bridgehead atoms. The second-order valence-corrected chi connectivity index (χ2v) is 7.59. The number of rotatable bonds is 9. The standard InChI is InChI=1S/C26H25FN2O3/c1-2-3-14-31-21-11-8-18(9-12-21)17-28-26(30)20-10-13-23-24(15-20)32-25(29-23)16-19-6-4-5-7-22(19)27/h4-13,15H,2-3,14,16-17H2,1H3,(H,28,30). The molecular weight excluding hydrogens is 407 g/mol. The Morgan fingerprint density at radius 1 is 1.09 bits per heavy atom. The minimum Gasteiger partial charge on any atom is -0.494 e. The molecule has 1 aromatic heterocycles. The van der Waals surface area contributed by atoms with Gasteiger partial charge in [-0.3, -0.25) is 4.79 Å². The van der Waals surface area contributed by atoms with E-state index < -0.39 is 0 Å². The van der Waals surface area contributed by atoms with Gasteiger partial charge in [-0.1, -0.05) is 43.7 Å². The Bertz CT molecular complexity index is 1200. The highest BCUT2D eigenvalue weighted by Gasteiger charge is 2.12. The second kappa shape index (κ2) is 10.1. The minimum absolute atomic E-state index is 0.206. The molecular formula is C26H25FN2O3. The van der Waals surface area contributed by atoms with Crippen LogP contribution < -0.4 is 10.1 Å². The molecule has 0 atom stereocenters. The van der Waals surface area contributed by atoms with Crippen LogP contribution >= 0.6 is 0 Å². The van der Waals surface area contributed by atoms with E-state index in [-0.39, 0.29) is 18.1 Å². The summed E-state index contributed by atoms with van der Waals surface area (Å²) in [4.78, 5) is 17.0. The summed E-state index contributed by atoms with van der Waals surface area (Å²) >= 11 is 0. The molecule has 0 unspecified atom stereocenters. The Labute approximate surface area is 186 Å². The zero-order valence-electron chi connectivity index (χ0n) is 17.9. The van der Waals surface area contributed by atoms with Crippen molar-refractivity contribution < 1.29 is 18.3 Å². The maximum atomic E-state index is 13.9. The van der Waals surface area contributed by atoms with Gasteiger partial charge in [0.2, 0.25) is 0 Å². The Hall–Kier alpha value is -3.67. The van der Waals surface area contributed by atoms with Crippen LogP contribution in [0, 0.1) is 5.82 Å². The molecule has 0 aliphatic carbocycles. The third-order valence-electron chi connectivity index (χ3n) is 5.14. The number of amides is 1.